The summed E-state index contributed by atoms with van der Waals surface area (Å²) < 4.78 is 22.5. The predicted octanol–water partition coefficient (Wildman–Crippen LogP) is 4.12. The minimum Gasteiger partial charge on any atom is -0.462 e. The van der Waals surface area contributed by atoms with Crippen LogP contribution in [0.25, 0.3) is 22.2 Å². The largest absolute Gasteiger partial charge is 0.462 e. The number of hydrogen-bond acceptors (Lipinski definition) is 7. The van der Waals surface area contributed by atoms with Crippen LogP contribution in [0.15, 0.2) is 24.4 Å². The average molecular weight is 503 g/mol. The van der Waals surface area contributed by atoms with Gasteiger partial charge in [-0.05, 0) is 76.1 Å². The van der Waals surface area contributed by atoms with Crippen LogP contribution in [-0.4, -0.2) is 71.3 Å². The van der Waals surface area contributed by atoms with Gasteiger partial charge in [-0.3, -0.25) is 4.98 Å². The van der Waals surface area contributed by atoms with Gasteiger partial charge >= 0.3 is 6.01 Å². The quantitative estimate of drug-likeness (QED) is 0.563. The highest BCUT2D eigenvalue weighted by Gasteiger charge is 2.34. The number of benzene rings is 1. The fraction of sp³-hybridized carbons (Fsp3) is 0.552. The molecular weight excluding hydrogens is 467 g/mol. The molecule has 2 aromatic heterocycles. The van der Waals surface area contributed by atoms with Gasteiger partial charge in [0.25, 0.3) is 0 Å². The van der Waals surface area contributed by atoms with E-state index in [-0.39, 0.29) is 11.8 Å². The zero-order valence-corrected chi connectivity index (χ0v) is 21.5. The van der Waals surface area contributed by atoms with Crippen LogP contribution in [0.1, 0.15) is 49.7 Å². The molecule has 3 aliphatic heterocycles. The standard InChI is InChI=1S/C29H35FN6O/c1-35-13-5-8-21(35)17-37-29-33-27-24(28(34-29)36-15-19-11-12-20(16-36)32-19)14-31-26(25(27)30)23-10-4-7-18-6-2-3-9-22(18)23/h4,7,10,14,19-21,32H,2-3,5-6,8-9,11-13,15-17H2,1H3/t19?,20?,21-/m0/s1. The lowest BCUT2D eigenvalue weighted by Gasteiger charge is -2.34. The summed E-state index contributed by atoms with van der Waals surface area (Å²) in [5, 5.41) is 4.34. The zero-order valence-electron chi connectivity index (χ0n) is 21.5. The molecule has 3 atom stereocenters. The molecule has 3 fully saturated rings. The number of halogens is 1. The average Bonchev–Trinajstić information content (AvgIpc) is 3.50. The smallest absolute Gasteiger partial charge is 0.319 e. The third-order valence-corrected chi connectivity index (χ3v) is 8.89. The topological polar surface area (TPSA) is 66.4 Å². The van der Waals surface area contributed by atoms with Crippen molar-refractivity contribution >= 4 is 16.7 Å². The van der Waals surface area contributed by atoms with Gasteiger partial charge in [-0.15, -0.1) is 0 Å². The van der Waals surface area contributed by atoms with Crippen LogP contribution in [0.5, 0.6) is 6.01 Å². The summed E-state index contributed by atoms with van der Waals surface area (Å²) >= 11 is 0. The number of rotatable bonds is 5. The highest BCUT2D eigenvalue weighted by Crippen LogP contribution is 2.37. The predicted molar refractivity (Wildman–Crippen MR) is 143 cm³/mol. The first-order chi connectivity index (χ1) is 18.1. The van der Waals surface area contributed by atoms with Gasteiger partial charge in [-0.1, -0.05) is 18.2 Å². The summed E-state index contributed by atoms with van der Waals surface area (Å²) in [6.07, 6.45) is 10.7. The van der Waals surface area contributed by atoms with Gasteiger partial charge in [0.1, 0.15) is 23.6 Å². The number of likely N-dealkylation sites (N-methyl/N-ethyl adjacent to an activating group) is 1. The lowest BCUT2D eigenvalue weighted by atomic mass is 9.87. The number of piperazine rings is 1. The molecule has 194 valence electrons. The molecule has 0 amide bonds. The van der Waals surface area contributed by atoms with Crippen molar-refractivity contribution in [3.8, 4) is 17.3 Å². The first kappa shape index (κ1) is 23.3. The molecule has 7 rings (SSSR count). The zero-order chi connectivity index (χ0) is 24.9. The second kappa shape index (κ2) is 9.48. The molecule has 5 heterocycles. The molecule has 1 aliphatic carbocycles. The summed E-state index contributed by atoms with van der Waals surface area (Å²) in [6, 6.07) is 7.68. The van der Waals surface area contributed by atoms with Crippen molar-refractivity contribution in [2.75, 3.05) is 38.2 Å². The van der Waals surface area contributed by atoms with Crippen molar-refractivity contribution in [3.63, 3.8) is 0 Å². The maximum Gasteiger partial charge on any atom is 0.319 e. The van der Waals surface area contributed by atoms with Crippen molar-refractivity contribution < 1.29 is 9.13 Å². The van der Waals surface area contributed by atoms with Gasteiger partial charge in [0.05, 0.1) is 5.39 Å². The Kier molecular flexibility index (Phi) is 5.96. The van der Waals surface area contributed by atoms with E-state index in [1.54, 1.807) is 6.20 Å². The number of ether oxygens (including phenoxy) is 1. The fourth-order valence-electron chi connectivity index (χ4n) is 6.85. The second-order valence-corrected chi connectivity index (χ2v) is 11.3. The van der Waals surface area contributed by atoms with Crippen LogP contribution < -0.4 is 15.0 Å². The third-order valence-electron chi connectivity index (χ3n) is 8.89. The van der Waals surface area contributed by atoms with E-state index in [4.69, 9.17) is 14.7 Å². The number of nitrogens with one attached hydrogen (secondary N) is 1. The van der Waals surface area contributed by atoms with Crippen molar-refractivity contribution in [1.29, 1.82) is 0 Å². The van der Waals surface area contributed by atoms with Crippen LogP contribution in [0.3, 0.4) is 0 Å². The Morgan fingerprint density at radius 3 is 2.70 bits per heavy atom. The molecule has 3 aromatic rings. The maximum absolute atomic E-state index is 16.4. The van der Waals surface area contributed by atoms with E-state index in [2.05, 4.69) is 33.2 Å². The van der Waals surface area contributed by atoms with Gasteiger partial charge in [0.15, 0.2) is 5.82 Å². The molecule has 0 spiro atoms. The highest BCUT2D eigenvalue weighted by molar-refractivity contribution is 5.92. The Bertz CT molecular complexity index is 1320. The van der Waals surface area contributed by atoms with Gasteiger partial charge in [-0.25, -0.2) is 4.39 Å². The molecule has 2 unspecified atom stereocenters. The number of hydrogen-bond donors (Lipinski definition) is 1. The van der Waals surface area contributed by atoms with Crippen LogP contribution in [0.2, 0.25) is 0 Å². The first-order valence-corrected chi connectivity index (χ1v) is 14.0. The molecule has 0 saturated carbocycles. The van der Waals surface area contributed by atoms with Crippen molar-refractivity contribution in [1.82, 2.24) is 25.2 Å². The SMILES string of the molecule is CN1CCC[C@H]1COc1nc(N2CC3CCC(C2)N3)c2cnc(-c3cccc4c3CCCC4)c(F)c2n1. The molecule has 0 radical (unpaired) electrons. The van der Waals surface area contributed by atoms with Crippen molar-refractivity contribution in [3.05, 3.63) is 41.3 Å². The molecule has 2 bridgehead atoms. The minimum atomic E-state index is -0.374. The molecule has 37 heavy (non-hydrogen) atoms. The Balaban J connectivity index is 1.32. The summed E-state index contributed by atoms with van der Waals surface area (Å²) in [5.74, 6) is 0.368. The Hall–Kier alpha value is -2.84. The Morgan fingerprint density at radius 1 is 1.05 bits per heavy atom. The number of aromatic nitrogens is 3. The van der Waals surface area contributed by atoms with Gasteiger partial charge in [-0.2, -0.15) is 9.97 Å². The maximum atomic E-state index is 16.4. The van der Waals surface area contributed by atoms with E-state index in [0.29, 0.717) is 41.3 Å². The number of fused-ring (bicyclic) bond motifs is 4. The Labute approximate surface area is 217 Å². The van der Waals surface area contributed by atoms with E-state index in [0.717, 1.165) is 69.5 Å². The monoisotopic (exact) mass is 502 g/mol. The minimum absolute atomic E-state index is 0.264. The summed E-state index contributed by atoms with van der Waals surface area (Å²) in [7, 11) is 2.13. The van der Waals surface area contributed by atoms with E-state index in [1.807, 2.05) is 12.1 Å². The lowest BCUT2D eigenvalue weighted by molar-refractivity contribution is 0.188. The molecule has 3 saturated heterocycles. The number of anilines is 1. The van der Waals surface area contributed by atoms with Crippen LogP contribution in [0.4, 0.5) is 10.2 Å². The number of aryl methyl sites for hydroxylation is 1. The van der Waals surface area contributed by atoms with Crippen LogP contribution in [0, 0.1) is 5.82 Å². The fourth-order valence-corrected chi connectivity index (χ4v) is 6.85. The molecule has 1 N–H and O–H groups in total. The normalized spacial score (nSPS) is 25.6. The molecule has 4 aliphatic rings. The van der Waals surface area contributed by atoms with E-state index in [9.17, 15) is 0 Å². The molecule has 1 aromatic carbocycles. The first-order valence-electron chi connectivity index (χ1n) is 14.0. The molecular formula is C29H35FN6O. The summed E-state index contributed by atoms with van der Waals surface area (Å²) in [4.78, 5) is 18.8. The second-order valence-electron chi connectivity index (χ2n) is 11.3. The summed E-state index contributed by atoms with van der Waals surface area (Å²) in [5.41, 5.74) is 4.14. The van der Waals surface area contributed by atoms with Gasteiger partial charge < -0.3 is 19.9 Å². The van der Waals surface area contributed by atoms with E-state index >= 15 is 4.39 Å². The van der Waals surface area contributed by atoms with Crippen LogP contribution >= 0.6 is 0 Å². The molecule has 8 heteroatoms. The third kappa shape index (κ3) is 4.24. The Morgan fingerprint density at radius 2 is 1.89 bits per heavy atom. The summed E-state index contributed by atoms with van der Waals surface area (Å²) in [6.45, 7) is 3.29. The van der Waals surface area contributed by atoms with Crippen molar-refractivity contribution in [2.45, 2.75) is 69.5 Å². The number of pyridine rings is 1. The lowest BCUT2D eigenvalue weighted by Crippen LogP contribution is -2.51. The van der Waals surface area contributed by atoms with Gasteiger partial charge in [0.2, 0.25) is 0 Å². The van der Waals surface area contributed by atoms with Crippen LogP contribution in [-0.2, 0) is 12.8 Å². The highest BCUT2D eigenvalue weighted by atomic mass is 19.1. The molecule has 7 nitrogen and oxygen atoms in total. The van der Waals surface area contributed by atoms with E-state index in [1.165, 1.54) is 24.0 Å². The number of likely N-dealkylation sites (tertiary alicyclic amines) is 1. The van der Waals surface area contributed by atoms with Gasteiger partial charge in [0, 0.05) is 43.0 Å². The number of nitrogens with zero attached hydrogens (tertiary/aromatic N) is 5. The van der Waals surface area contributed by atoms with Crippen molar-refractivity contribution in [2.24, 2.45) is 0 Å². The van der Waals surface area contributed by atoms with E-state index < -0.39 is 0 Å².